The number of aliphatic hydroxyl groups is 2. The van der Waals surface area contributed by atoms with Gasteiger partial charge in [-0.25, -0.2) is 4.98 Å². The molecule has 0 aliphatic heterocycles. The Bertz CT molecular complexity index is 886. The molecule has 2 amide bonds. The van der Waals surface area contributed by atoms with Gasteiger partial charge in [0.15, 0.2) is 5.13 Å². The quantitative estimate of drug-likeness (QED) is 0.327. The summed E-state index contributed by atoms with van der Waals surface area (Å²) < 4.78 is 42.9. The van der Waals surface area contributed by atoms with E-state index in [4.69, 9.17) is 14.9 Å². The lowest BCUT2D eigenvalue weighted by atomic mass is 10.1. The minimum atomic E-state index is -5.47. The largest absolute Gasteiger partial charge is 0.497 e. The second-order valence-corrected chi connectivity index (χ2v) is 7.52. The van der Waals surface area contributed by atoms with E-state index in [1.807, 2.05) is 11.4 Å². The second-order valence-electron chi connectivity index (χ2n) is 6.49. The van der Waals surface area contributed by atoms with Crippen molar-refractivity contribution in [2.75, 3.05) is 19.0 Å². The number of thiazole rings is 1. The first-order chi connectivity index (χ1) is 14.0. The van der Waals surface area contributed by atoms with Gasteiger partial charge in [-0.3, -0.25) is 9.59 Å². The number of amides is 2. The fourth-order valence-corrected chi connectivity index (χ4v) is 3.40. The zero-order valence-corrected chi connectivity index (χ0v) is 16.9. The Morgan fingerprint density at radius 3 is 2.53 bits per heavy atom. The minimum absolute atomic E-state index is 0.140. The third-order valence-corrected chi connectivity index (χ3v) is 5.10. The summed E-state index contributed by atoms with van der Waals surface area (Å²) in [5.74, 6) is -5.83. The molecule has 12 heteroatoms. The molecule has 2 aromatic rings. The molecule has 0 fully saturated rings. The number of hydrogen-bond donors (Lipinski definition) is 4. The SMILES string of the molecule is COc1ccc2nc(NC(=O)CCCCCCNC(=O)C(O)(O)C(F)(F)F)sc2c1. The molecule has 0 saturated heterocycles. The molecule has 0 unspecified atom stereocenters. The number of methoxy groups -OCH3 is 1. The lowest BCUT2D eigenvalue weighted by Crippen LogP contribution is -2.57. The molecule has 0 radical (unpaired) electrons. The van der Waals surface area contributed by atoms with Gasteiger partial charge >= 0.3 is 12.0 Å². The second kappa shape index (κ2) is 10.0. The molecule has 166 valence electrons. The number of halogens is 3. The lowest BCUT2D eigenvalue weighted by Gasteiger charge is -2.22. The van der Waals surface area contributed by atoms with Crippen LogP contribution in [0.5, 0.6) is 5.75 Å². The summed E-state index contributed by atoms with van der Waals surface area (Å²) in [7, 11) is 1.56. The van der Waals surface area contributed by atoms with Crippen molar-refractivity contribution < 1.29 is 37.7 Å². The van der Waals surface area contributed by atoms with Gasteiger partial charge in [-0.15, -0.1) is 0 Å². The summed E-state index contributed by atoms with van der Waals surface area (Å²) in [4.78, 5) is 27.5. The van der Waals surface area contributed by atoms with E-state index in [-0.39, 0.29) is 18.9 Å². The molecule has 0 aliphatic carbocycles. The first-order valence-electron chi connectivity index (χ1n) is 9.09. The van der Waals surface area contributed by atoms with Crippen LogP contribution in [0.25, 0.3) is 10.2 Å². The van der Waals surface area contributed by atoms with Crippen LogP contribution in [0.15, 0.2) is 18.2 Å². The van der Waals surface area contributed by atoms with Gasteiger partial charge in [0.05, 0.1) is 17.3 Å². The molecule has 0 spiro atoms. The van der Waals surface area contributed by atoms with Gasteiger partial charge in [0, 0.05) is 13.0 Å². The number of unbranched alkanes of at least 4 members (excludes halogenated alkanes) is 3. The van der Waals surface area contributed by atoms with Crippen molar-refractivity contribution in [1.82, 2.24) is 10.3 Å². The van der Waals surface area contributed by atoms with Crippen molar-refractivity contribution in [2.24, 2.45) is 0 Å². The van der Waals surface area contributed by atoms with Gasteiger partial charge in [0.25, 0.3) is 5.91 Å². The Labute approximate surface area is 174 Å². The predicted molar refractivity (Wildman–Crippen MR) is 104 cm³/mol. The van der Waals surface area contributed by atoms with Crippen molar-refractivity contribution in [3.63, 3.8) is 0 Å². The number of aromatic nitrogens is 1. The first kappa shape index (κ1) is 23.8. The van der Waals surface area contributed by atoms with E-state index >= 15 is 0 Å². The number of nitrogens with one attached hydrogen (secondary N) is 2. The molecule has 4 N–H and O–H groups in total. The van der Waals surface area contributed by atoms with Gasteiger partial charge < -0.3 is 25.6 Å². The number of fused-ring (bicyclic) bond motifs is 1. The molecule has 1 aromatic heterocycles. The van der Waals surface area contributed by atoms with Crippen molar-refractivity contribution in [3.8, 4) is 5.75 Å². The molecule has 0 aliphatic rings. The van der Waals surface area contributed by atoms with E-state index in [2.05, 4.69) is 10.3 Å². The van der Waals surface area contributed by atoms with Crippen LogP contribution in [0.1, 0.15) is 32.1 Å². The number of ether oxygens (including phenoxy) is 1. The monoisotopic (exact) mass is 449 g/mol. The smallest absolute Gasteiger partial charge is 0.453 e. The highest BCUT2D eigenvalue weighted by atomic mass is 32.1. The number of anilines is 1. The Morgan fingerprint density at radius 1 is 1.17 bits per heavy atom. The molecular formula is C18H22F3N3O5S. The zero-order chi connectivity index (χ0) is 22.4. The molecule has 1 aromatic carbocycles. The van der Waals surface area contributed by atoms with Crippen LogP contribution in [0.4, 0.5) is 18.3 Å². The number of alkyl halides is 3. The fraction of sp³-hybridized carbons (Fsp3) is 0.500. The van der Waals surface area contributed by atoms with E-state index in [9.17, 15) is 22.8 Å². The molecular weight excluding hydrogens is 427 g/mol. The predicted octanol–water partition coefficient (Wildman–Crippen LogP) is 2.55. The standard InChI is InChI=1S/C18H22F3N3O5S/c1-29-11-7-8-12-13(10-11)30-16(23-12)24-14(25)6-4-2-3-5-9-22-15(26)17(27,28)18(19,20)21/h7-8,10,27-28H,2-6,9H2,1H3,(H,22,26)(H,23,24,25). The summed E-state index contributed by atoms with van der Waals surface area (Å²) in [6, 6.07) is 5.40. The molecule has 0 bridgehead atoms. The maximum Gasteiger partial charge on any atom is 0.453 e. The maximum atomic E-state index is 12.3. The fourth-order valence-electron chi connectivity index (χ4n) is 2.49. The van der Waals surface area contributed by atoms with Gasteiger partial charge in [0.1, 0.15) is 5.75 Å². The van der Waals surface area contributed by atoms with Gasteiger partial charge in [-0.2, -0.15) is 13.2 Å². The third-order valence-electron chi connectivity index (χ3n) is 4.17. The number of hydrogen-bond acceptors (Lipinski definition) is 7. The molecule has 8 nitrogen and oxygen atoms in total. The number of rotatable bonds is 10. The van der Waals surface area contributed by atoms with E-state index < -0.39 is 17.9 Å². The summed E-state index contributed by atoms with van der Waals surface area (Å²) in [6.45, 7) is -0.140. The number of nitrogens with zero attached hydrogens (tertiary/aromatic N) is 1. The Morgan fingerprint density at radius 2 is 1.87 bits per heavy atom. The van der Waals surface area contributed by atoms with Crippen LogP contribution in [0.2, 0.25) is 0 Å². The van der Waals surface area contributed by atoms with Gasteiger partial charge in [-0.1, -0.05) is 24.2 Å². The van der Waals surface area contributed by atoms with Gasteiger partial charge in [0.2, 0.25) is 5.91 Å². The van der Waals surface area contributed by atoms with Crippen LogP contribution in [0, 0.1) is 0 Å². The van der Waals surface area contributed by atoms with E-state index in [1.54, 1.807) is 19.2 Å². The third kappa shape index (κ3) is 6.28. The van der Waals surface area contributed by atoms with Crippen LogP contribution in [-0.2, 0) is 9.59 Å². The molecule has 0 saturated carbocycles. The maximum absolute atomic E-state index is 12.3. The normalized spacial score (nSPS) is 12.1. The molecule has 0 atom stereocenters. The summed E-state index contributed by atoms with van der Waals surface area (Å²) in [6.07, 6.45) is -3.19. The zero-order valence-electron chi connectivity index (χ0n) is 16.1. The number of carbonyl (C=O) groups excluding carboxylic acids is 2. The first-order valence-corrected chi connectivity index (χ1v) is 9.90. The molecule has 2 rings (SSSR count). The van der Waals surface area contributed by atoms with Crippen LogP contribution < -0.4 is 15.4 Å². The Balaban J connectivity index is 1.63. The summed E-state index contributed by atoms with van der Waals surface area (Å²) in [5, 5.41) is 22.6. The Hall–Kier alpha value is -2.44. The van der Waals surface area contributed by atoms with Crippen molar-refractivity contribution in [1.29, 1.82) is 0 Å². The number of benzene rings is 1. The average molecular weight is 449 g/mol. The van der Waals surface area contributed by atoms with Crippen molar-refractivity contribution in [3.05, 3.63) is 18.2 Å². The van der Waals surface area contributed by atoms with Crippen LogP contribution >= 0.6 is 11.3 Å². The number of carbonyl (C=O) groups is 2. The van der Waals surface area contributed by atoms with E-state index in [0.717, 1.165) is 10.2 Å². The highest BCUT2D eigenvalue weighted by molar-refractivity contribution is 7.22. The minimum Gasteiger partial charge on any atom is -0.497 e. The summed E-state index contributed by atoms with van der Waals surface area (Å²) in [5.41, 5.74) is 0.749. The van der Waals surface area contributed by atoms with Crippen molar-refractivity contribution >= 4 is 38.5 Å². The van der Waals surface area contributed by atoms with Gasteiger partial charge in [-0.05, 0) is 31.0 Å². The van der Waals surface area contributed by atoms with Crippen LogP contribution in [-0.4, -0.2) is 52.6 Å². The summed E-state index contributed by atoms with van der Waals surface area (Å²) >= 11 is 1.33. The van der Waals surface area contributed by atoms with E-state index in [0.29, 0.717) is 36.6 Å². The topological polar surface area (TPSA) is 121 Å². The highest BCUT2D eigenvalue weighted by Gasteiger charge is 2.58. The average Bonchev–Trinajstić information content (AvgIpc) is 3.07. The Kier molecular flexibility index (Phi) is 7.98. The van der Waals surface area contributed by atoms with E-state index in [1.165, 1.54) is 11.3 Å². The molecule has 30 heavy (non-hydrogen) atoms. The van der Waals surface area contributed by atoms with Crippen LogP contribution in [0.3, 0.4) is 0 Å². The van der Waals surface area contributed by atoms with Crippen molar-refractivity contribution in [2.45, 2.75) is 44.1 Å². The molecule has 1 heterocycles. The lowest BCUT2D eigenvalue weighted by molar-refractivity contribution is -0.328. The highest BCUT2D eigenvalue weighted by Crippen LogP contribution is 2.29.